The van der Waals surface area contributed by atoms with Gasteiger partial charge in [-0.3, -0.25) is 10.1 Å². The lowest BCUT2D eigenvalue weighted by Gasteiger charge is -2.30. The largest absolute Gasteiger partial charge is 0.449 e. The molecule has 0 aromatic heterocycles. The van der Waals surface area contributed by atoms with E-state index in [-0.39, 0.29) is 5.78 Å². The highest BCUT2D eigenvalue weighted by Gasteiger charge is 2.39. The predicted molar refractivity (Wildman–Crippen MR) is 104 cm³/mol. The topological polar surface area (TPSA) is 67.4 Å². The van der Waals surface area contributed by atoms with Gasteiger partial charge in [0.25, 0.3) is 0 Å². The average molecular weight is 364 g/mol. The van der Waals surface area contributed by atoms with E-state index in [1.807, 2.05) is 18.2 Å². The molecule has 2 fully saturated rings. The van der Waals surface area contributed by atoms with E-state index in [0.29, 0.717) is 41.2 Å². The zero-order valence-corrected chi connectivity index (χ0v) is 15.2. The lowest BCUT2D eigenvalue weighted by atomic mass is 9.87. The Hall–Kier alpha value is -2.66. The first-order chi connectivity index (χ1) is 13.2. The van der Waals surface area contributed by atoms with E-state index in [1.165, 1.54) is 12.8 Å². The Kier molecular flexibility index (Phi) is 5.21. The average Bonchev–Trinajstić information content (AvgIpc) is 2.93. The number of ether oxygens (including phenoxy) is 1. The minimum atomic E-state index is -0.499. The van der Waals surface area contributed by atoms with Crippen LogP contribution in [0.25, 0.3) is 0 Å². The number of rotatable bonds is 5. The molecule has 4 rings (SSSR count). The highest BCUT2D eigenvalue weighted by Crippen LogP contribution is 2.39. The second kappa shape index (κ2) is 7.92. The van der Waals surface area contributed by atoms with E-state index in [1.54, 1.807) is 36.4 Å². The monoisotopic (exact) mass is 364 g/mol. The highest BCUT2D eigenvalue weighted by molar-refractivity contribution is 6.13. The summed E-state index contributed by atoms with van der Waals surface area (Å²) in [6, 6.07) is 16.1. The van der Waals surface area contributed by atoms with Crippen LogP contribution in [0.2, 0.25) is 0 Å². The van der Waals surface area contributed by atoms with Crippen LogP contribution in [0.15, 0.2) is 54.6 Å². The molecule has 1 amide bonds. The van der Waals surface area contributed by atoms with Crippen LogP contribution in [0.1, 0.15) is 28.8 Å². The van der Waals surface area contributed by atoms with Gasteiger partial charge in [0.2, 0.25) is 0 Å². The van der Waals surface area contributed by atoms with Gasteiger partial charge in [0.15, 0.2) is 5.78 Å². The maximum atomic E-state index is 12.7. The Labute approximate surface area is 159 Å². The molecule has 1 heterocycles. The Balaban J connectivity index is 1.41. The molecule has 5 heteroatoms. The van der Waals surface area contributed by atoms with Crippen molar-refractivity contribution in [2.24, 2.45) is 17.8 Å². The van der Waals surface area contributed by atoms with Gasteiger partial charge in [0, 0.05) is 17.0 Å². The number of amides is 1. The van der Waals surface area contributed by atoms with Gasteiger partial charge in [-0.25, -0.2) is 4.79 Å². The molecule has 1 saturated carbocycles. The van der Waals surface area contributed by atoms with Crippen molar-refractivity contribution >= 4 is 17.6 Å². The quantitative estimate of drug-likeness (QED) is 0.794. The number of anilines is 1. The van der Waals surface area contributed by atoms with Gasteiger partial charge >= 0.3 is 6.09 Å². The molecule has 1 saturated heterocycles. The molecule has 2 atom stereocenters. The number of hydrogen-bond acceptors (Lipinski definition) is 4. The first-order valence-corrected chi connectivity index (χ1v) is 9.55. The fourth-order valence-electron chi connectivity index (χ4n) is 4.33. The van der Waals surface area contributed by atoms with Crippen molar-refractivity contribution < 1.29 is 14.3 Å². The first kappa shape index (κ1) is 17.7. The fourth-order valence-corrected chi connectivity index (χ4v) is 4.33. The number of hydrogen-bond donors (Lipinski definition) is 2. The van der Waals surface area contributed by atoms with Gasteiger partial charge < -0.3 is 10.1 Å². The second-order valence-corrected chi connectivity index (χ2v) is 7.38. The molecule has 2 aromatic carbocycles. The van der Waals surface area contributed by atoms with Crippen molar-refractivity contribution in [1.82, 2.24) is 5.32 Å². The summed E-state index contributed by atoms with van der Waals surface area (Å²) in [5.74, 6) is 1.52. The van der Waals surface area contributed by atoms with Crippen LogP contribution in [0.4, 0.5) is 10.5 Å². The van der Waals surface area contributed by atoms with E-state index in [9.17, 15) is 9.59 Å². The summed E-state index contributed by atoms with van der Waals surface area (Å²) in [6.07, 6.45) is 1.92. The Morgan fingerprint density at radius 2 is 1.63 bits per heavy atom. The number of carbonyl (C=O) groups is 2. The standard InChI is InChI=1S/C22H24N2O3/c25-21(15-6-2-1-3-7-15)18-8-4-5-9-20(18)24-22(26)27-14-19-16-10-11-17(19)13-23-12-16/h1-9,16-17,19,23H,10-14H2,(H,24,26). The highest BCUT2D eigenvalue weighted by atomic mass is 16.5. The summed E-state index contributed by atoms with van der Waals surface area (Å²) >= 11 is 0. The van der Waals surface area contributed by atoms with Crippen molar-refractivity contribution in [2.75, 3.05) is 25.0 Å². The van der Waals surface area contributed by atoms with Crippen LogP contribution < -0.4 is 10.6 Å². The molecule has 1 aliphatic carbocycles. The number of nitrogens with one attached hydrogen (secondary N) is 2. The summed E-state index contributed by atoms with van der Waals surface area (Å²) in [5, 5.41) is 6.20. The summed E-state index contributed by atoms with van der Waals surface area (Å²) in [7, 11) is 0. The van der Waals surface area contributed by atoms with Crippen LogP contribution in [-0.2, 0) is 4.74 Å². The Morgan fingerprint density at radius 1 is 0.963 bits per heavy atom. The van der Waals surface area contributed by atoms with Crippen LogP contribution in [0.5, 0.6) is 0 Å². The maximum absolute atomic E-state index is 12.7. The molecule has 2 aliphatic rings. The van der Waals surface area contributed by atoms with Crippen molar-refractivity contribution in [3.05, 3.63) is 65.7 Å². The summed E-state index contributed by atoms with van der Waals surface area (Å²) < 4.78 is 5.52. The Morgan fingerprint density at radius 3 is 2.37 bits per heavy atom. The molecule has 0 radical (unpaired) electrons. The van der Waals surface area contributed by atoms with E-state index < -0.39 is 6.09 Å². The van der Waals surface area contributed by atoms with Crippen molar-refractivity contribution in [3.63, 3.8) is 0 Å². The molecule has 2 unspecified atom stereocenters. The zero-order valence-electron chi connectivity index (χ0n) is 15.2. The van der Waals surface area contributed by atoms with Crippen molar-refractivity contribution in [1.29, 1.82) is 0 Å². The van der Waals surface area contributed by atoms with Gasteiger partial charge in [-0.2, -0.15) is 0 Å². The molecule has 2 aromatic rings. The van der Waals surface area contributed by atoms with E-state index in [2.05, 4.69) is 10.6 Å². The molecule has 0 spiro atoms. The number of benzene rings is 2. The third kappa shape index (κ3) is 3.88. The molecular weight excluding hydrogens is 340 g/mol. The van der Waals surface area contributed by atoms with Gasteiger partial charge in [-0.05, 0) is 49.9 Å². The lowest BCUT2D eigenvalue weighted by molar-refractivity contribution is 0.102. The number of para-hydroxylation sites is 1. The smallest absolute Gasteiger partial charge is 0.411 e. The number of ketones is 1. The molecule has 2 bridgehead atoms. The SMILES string of the molecule is O=C(Nc1ccccc1C(=O)c1ccccc1)OCC1C2CCC1CNC2. The maximum Gasteiger partial charge on any atom is 0.411 e. The second-order valence-electron chi connectivity index (χ2n) is 7.38. The number of piperidine rings is 1. The minimum absolute atomic E-state index is 0.122. The zero-order chi connectivity index (χ0) is 18.6. The summed E-state index contributed by atoms with van der Waals surface area (Å²) in [4.78, 5) is 25.1. The Bertz CT molecular complexity index is 805. The van der Waals surface area contributed by atoms with Crippen molar-refractivity contribution in [2.45, 2.75) is 12.8 Å². The van der Waals surface area contributed by atoms with Gasteiger partial charge in [0.1, 0.15) is 0 Å². The normalized spacial score (nSPS) is 23.6. The van der Waals surface area contributed by atoms with Gasteiger partial charge in [-0.15, -0.1) is 0 Å². The molecule has 5 nitrogen and oxygen atoms in total. The van der Waals surface area contributed by atoms with Crippen LogP contribution in [-0.4, -0.2) is 31.6 Å². The third-order valence-electron chi connectivity index (χ3n) is 5.78. The van der Waals surface area contributed by atoms with E-state index >= 15 is 0 Å². The van der Waals surface area contributed by atoms with Crippen LogP contribution in [0.3, 0.4) is 0 Å². The molecule has 1 aliphatic heterocycles. The molecule has 27 heavy (non-hydrogen) atoms. The predicted octanol–water partition coefficient (Wildman–Crippen LogP) is 3.71. The third-order valence-corrected chi connectivity index (χ3v) is 5.78. The molecule has 140 valence electrons. The summed E-state index contributed by atoms with van der Waals surface area (Å²) in [6.45, 7) is 2.47. The molecule has 2 N–H and O–H groups in total. The first-order valence-electron chi connectivity index (χ1n) is 9.55. The van der Waals surface area contributed by atoms with Crippen LogP contribution >= 0.6 is 0 Å². The molecular formula is C22H24N2O3. The number of carbonyl (C=O) groups excluding carboxylic acids is 2. The van der Waals surface area contributed by atoms with E-state index in [0.717, 1.165) is 13.1 Å². The summed E-state index contributed by atoms with van der Waals surface area (Å²) in [5.41, 5.74) is 1.53. The van der Waals surface area contributed by atoms with Gasteiger partial charge in [0.05, 0.1) is 12.3 Å². The number of fused-ring (bicyclic) bond motifs is 2. The van der Waals surface area contributed by atoms with Gasteiger partial charge in [-0.1, -0.05) is 42.5 Å². The van der Waals surface area contributed by atoms with Crippen LogP contribution in [0, 0.1) is 17.8 Å². The van der Waals surface area contributed by atoms with E-state index in [4.69, 9.17) is 4.74 Å². The van der Waals surface area contributed by atoms with Crippen molar-refractivity contribution in [3.8, 4) is 0 Å². The fraction of sp³-hybridized carbons (Fsp3) is 0.364. The lowest BCUT2D eigenvalue weighted by Crippen LogP contribution is -2.40. The minimum Gasteiger partial charge on any atom is -0.449 e.